The number of nitrogens with zero attached hydrogens (tertiary/aromatic N) is 2. The minimum Gasteiger partial charge on any atom is -0.344 e. The first-order chi connectivity index (χ1) is 14.3. The first kappa shape index (κ1) is 17.8. The number of amides is 1. The molecule has 0 spiro atoms. The molecule has 4 nitrogen and oxygen atoms in total. The second-order valence-corrected chi connectivity index (χ2v) is 7.82. The van der Waals surface area contributed by atoms with Gasteiger partial charge in [-0.25, -0.2) is 4.98 Å². The Labute approximate surface area is 173 Å². The van der Waals surface area contributed by atoms with Crippen molar-refractivity contribution in [3.8, 4) is 16.8 Å². The van der Waals surface area contributed by atoms with Crippen molar-refractivity contribution in [1.29, 1.82) is 0 Å². The molecule has 0 radical (unpaired) electrons. The van der Waals surface area contributed by atoms with Crippen LogP contribution in [0.2, 0.25) is 0 Å². The van der Waals surface area contributed by atoms with Gasteiger partial charge in [-0.3, -0.25) is 9.36 Å². The van der Waals surface area contributed by atoms with Gasteiger partial charge in [0.2, 0.25) is 5.91 Å². The van der Waals surface area contributed by atoms with Crippen molar-refractivity contribution in [2.24, 2.45) is 0 Å². The van der Waals surface area contributed by atoms with Crippen LogP contribution in [0.25, 0.3) is 16.8 Å². The molecule has 1 aliphatic carbocycles. The normalized spacial score (nSPS) is 12.4. The van der Waals surface area contributed by atoms with Gasteiger partial charge in [0.05, 0.1) is 11.8 Å². The predicted molar refractivity (Wildman–Crippen MR) is 116 cm³/mol. The van der Waals surface area contributed by atoms with E-state index >= 15 is 0 Å². The maximum atomic E-state index is 12.8. The van der Waals surface area contributed by atoms with E-state index in [4.69, 9.17) is 0 Å². The lowest BCUT2D eigenvalue weighted by atomic mass is 10.1. The van der Waals surface area contributed by atoms with E-state index in [1.807, 2.05) is 65.4 Å². The second kappa shape index (κ2) is 7.60. The molecule has 5 heteroatoms. The summed E-state index contributed by atoms with van der Waals surface area (Å²) in [5.41, 5.74) is 5.73. The van der Waals surface area contributed by atoms with E-state index in [0.717, 1.165) is 22.0 Å². The molecule has 0 bridgehead atoms. The molecule has 4 aromatic rings. The van der Waals surface area contributed by atoms with E-state index in [0.29, 0.717) is 5.75 Å². The van der Waals surface area contributed by atoms with Crippen molar-refractivity contribution in [3.05, 3.63) is 102 Å². The van der Waals surface area contributed by atoms with E-state index in [1.165, 1.54) is 22.9 Å². The minimum absolute atomic E-state index is 0.00545. The van der Waals surface area contributed by atoms with Crippen molar-refractivity contribution in [3.63, 3.8) is 0 Å². The summed E-state index contributed by atoms with van der Waals surface area (Å²) in [6.45, 7) is 0. The number of fused-ring (bicyclic) bond motifs is 3. The van der Waals surface area contributed by atoms with Crippen molar-refractivity contribution in [1.82, 2.24) is 14.9 Å². The molecule has 142 valence electrons. The Morgan fingerprint density at radius 3 is 2.21 bits per heavy atom. The molecule has 1 heterocycles. The summed E-state index contributed by atoms with van der Waals surface area (Å²) in [4.78, 5) is 17.2. The van der Waals surface area contributed by atoms with Gasteiger partial charge in [0.1, 0.15) is 0 Å². The molecular weight excluding hydrogens is 378 g/mol. The van der Waals surface area contributed by atoms with Crippen molar-refractivity contribution >= 4 is 17.7 Å². The van der Waals surface area contributed by atoms with E-state index in [2.05, 4.69) is 34.6 Å². The molecule has 0 atom stereocenters. The van der Waals surface area contributed by atoms with Crippen LogP contribution < -0.4 is 5.32 Å². The maximum absolute atomic E-state index is 12.8. The Morgan fingerprint density at radius 2 is 1.52 bits per heavy atom. The van der Waals surface area contributed by atoms with Gasteiger partial charge in [-0.2, -0.15) is 0 Å². The van der Waals surface area contributed by atoms with Crippen molar-refractivity contribution in [2.45, 2.75) is 11.2 Å². The maximum Gasteiger partial charge on any atom is 0.231 e. The summed E-state index contributed by atoms with van der Waals surface area (Å²) in [7, 11) is 0. The molecule has 0 fully saturated rings. The fraction of sp³-hybridized carbons (Fsp3) is 0.0833. The van der Waals surface area contributed by atoms with E-state index in [9.17, 15) is 4.79 Å². The lowest BCUT2D eigenvalue weighted by molar-refractivity contribution is -0.119. The van der Waals surface area contributed by atoms with Gasteiger partial charge >= 0.3 is 0 Å². The molecule has 1 amide bonds. The number of hydrogen-bond acceptors (Lipinski definition) is 3. The standard InChI is InChI=1S/C24H19N3OS/c28-22(16-29-24-25-14-15-27(24)17-8-2-1-3-9-17)26-23-20-12-6-4-10-18(20)19-11-5-7-13-21(19)23/h1-15,23H,16H2,(H,26,28). The number of para-hydroxylation sites is 1. The monoisotopic (exact) mass is 397 g/mol. The van der Waals surface area contributed by atoms with E-state index in [1.54, 1.807) is 6.20 Å². The Morgan fingerprint density at radius 1 is 0.897 bits per heavy atom. The number of hydrogen-bond donors (Lipinski definition) is 1. The average Bonchev–Trinajstić information content (AvgIpc) is 3.37. The molecule has 0 aliphatic heterocycles. The Bertz CT molecular complexity index is 1120. The number of benzene rings is 3. The molecule has 29 heavy (non-hydrogen) atoms. The minimum atomic E-state index is -0.107. The third kappa shape index (κ3) is 3.34. The predicted octanol–water partition coefficient (Wildman–Crippen LogP) is 4.85. The zero-order valence-electron chi connectivity index (χ0n) is 15.7. The van der Waals surface area contributed by atoms with Crippen LogP contribution in [0, 0.1) is 0 Å². The van der Waals surface area contributed by atoms with Gasteiger partial charge in [-0.1, -0.05) is 78.5 Å². The van der Waals surface area contributed by atoms with Crippen LogP contribution in [0.5, 0.6) is 0 Å². The summed E-state index contributed by atoms with van der Waals surface area (Å²) in [5, 5.41) is 4.02. The molecule has 1 aliphatic rings. The number of imidazole rings is 1. The van der Waals surface area contributed by atoms with Gasteiger partial charge in [0.25, 0.3) is 0 Å². The zero-order chi connectivity index (χ0) is 19.6. The Kier molecular flexibility index (Phi) is 4.66. The SMILES string of the molecule is O=C(CSc1nccn1-c1ccccc1)NC1c2ccccc2-c2ccccc21. The Balaban J connectivity index is 1.32. The number of nitrogens with one attached hydrogen (secondary N) is 1. The number of thioether (sulfide) groups is 1. The van der Waals surface area contributed by atoms with Crippen LogP contribution in [0.1, 0.15) is 17.2 Å². The largest absolute Gasteiger partial charge is 0.344 e. The topological polar surface area (TPSA) is 46.9 Å². The number of carbonyl (C=O) groups is 1. The highest BCUT2D eigenvalue weighted by Gasteiger charge is 2.29. The van der Waals surface area contributed by atoms with Gasteiger partial charge in [-0.05, 0) is 34.4 Å². The van der Waals surface area contributed by atoms with Gasteiger partial charge < -0.3 is 5.32 Å². The first-order valence-electron chi connectivity index (χ1n) is 9.50. The van der Waals surface area contributed by atoms with Crippen LogP contribution in [-0.2, 0) is 4.79 Å². The third-order valence-corrected chi connectivity index (χ3v) is 6.08. The summed E-state index contributed by atoms with van der Waals surface area (Å²) in [5.74, 6) is 0.305. The van der Waals surface area contributed by atoms with E-state index < -0.39 is 0 Å². The fourth-order valence-corrected chi connectivity index (χ4v) is 4.61. The first-order valence-corrected chi connectivity index (χ1v) is 10.5. The van der Waals surface area contributed by atoms with Gasteiger partial charge in [0.15, 0.2) is 5.16 Å². The molecule has 0 unspecified atom stereocenters. The highest BCUT2D eigenvalue weighted by Crippen LogP contribution is 2.43. The molecule has 1 aromatic heterocycles. The summed E-state index contributed by atoms with van der Waals surface area (Å²) in [6.07, 6.45) is 3.68. The van der Waals surface area contributed by atoms with Gasteiger partial charge in [0, 0.05) is 18.1 Å². The molecule has 1 N–H and O–H groups in total. The van der Waals surface area contributed by atoms with Crippen LogP contribution in [-0.4, -0.2) is 21.2 Å². The van der Waals surface area contributed by atoms with Crippen LogP contribution in [0.3, 0.4) is 0 Å². The molecular formula is C24H19N3OS. The smallest absolute Gasteiger partial charge is 0.231 e. The second-order valence-electron chi connectivity index (χ2n) is 6.88. The van der Waals surface area contributed by atoms with Crippen molar-refractivity contribution in [2.75, 3.05) is 5.75 Å². The fourth-order valence-electron chi connectivity index (χ4n) is 3.83. The molecule has 0 saturated heterocycles. The molecule has 5 rings (SSSR count). The number of rotatable bonds is 5. The highest BCUT2D eigenvalue weighted by molar-refractivity contribution is 7.99. The summed E-state index contributed by atoms with van der Waals surface area (Å²) in [6, 6.07) is 26.5. The van der Waals surface area contributed by atoms with Crippen molar-refractivity contribution < 1.29 is 4.79 Å². The quantitative estimate of drug-likeness (QED) is 0.490. The molecule has 0 saturated carbocycles. The summed E-state index contributed by atoms with van der Waals surface area (Å²) < 4.78 is 2.00. The van der Waals surface area contributed by atoms with E-state index in [-0.39, 0.29) is 11.9 Å². The third-order valence-electron chi connectivity index (χ3n) is 5.11. The van der Waals surface area contributed by atoms with Crippen LogP contribution in [0.4, 0.5) is 0 Å². The van der Waals surface area contributed by atoms with Crippen LogP contribution in [0.15, 0.2) is 96.4 Å². The van der Waals surface area contributed by atoms with Crippen LogP contribution >= 0.6 is 11.8 Å². The highest BCUT2D eigenvalue weighted by atomic mass is 32.2. The lowest BCUT2D eigenvalue weighted by Crippen LogP contribution is -2.29. The lowest BCUT2D eigenvalue weighted by Gasteiger charge is -2.16. The zero-order valence-corrected chi connectivity index (χ0v) is 16.5. The number of aromatic nitrogens is 2. The van der Waals surface area contributed by atoms with Gasteiger partial charge in [-0.15, -0.1) is 0 Å². The average molecular weight is 398 g/mol. The number of carbonyl (C=O) groups excluding carboxylic acids is 1. The summed E-state index contributed by atoms with van der Waals surface area (Å²) >= 11 is 1.44. The molecule has 3 aromatic carbocycles. The Hall–Kier alpha value is -3.31.